The lowest BCUT2D eigenvalue weighted by Gasteiger charge is -2.37. The highest BCUT2D eigenvalue weighted by Crippen LogP contribution is 2.52. The zero-order valence-corrected chi connectivity index (χ0v) is 9.11. The maximum Gasteiger partial charge on any atom is 0.0549 e. The minimum atomic E-state index is -0.992. The first-order valence-electron chi connectivity index (χ1n) is 4.65. The summed E-state index contributed by atoms with van der Waals surface area (Å²) in [6, 6.07) is 0. The molecule has 11 heavy (non-hydrogen) atoms. The fraction of sp³-hybridized carbons (Fsp3) is 0.800. The lowest BCUT2D eigenvalue weighted by atomic mass is 10.1. The molecule has 1 rings (SSSR count). The quantitative estimate of drug-likeness (QED) is 0.434. The van der Waals surface area contributed by atoms with Gasteiger partial charge in [0.25, 0.3) is 0 Å². The Balaban J connectivity index is 2.83. The van der Waals surface area contributed by atoms with Gasteiger partial charge in [-0.15, -0.1) is 6.58 Å². The largest absolute Gasteiger partial charge is 0.103 e. The molecule has 1 saturated carbocycles. The highest BCUT2D eigenvalue weighted by Gasteiger charge is 2.42. The van der Waals surface area contributed by atoms with Crippen LogP contribution in [-0.4, -0.2) is 8.07 Å². The molecule has 0 N–H and O–H groups in total. The summed E-state index contributed by atoms with van der Waals surface area (Å²) in [7, 11) is -0.992. The van der Waals surface area contributed by atoms with Gasteiger partial charge in [0.2, 0.25) is 0 Å². The van der Waals surface area contributed by atoms with Crippen molar-refractivity contribution in [1.29, 1.82) is 0 Å². The van der Waals surface area contributed by atoms with Gasteiger partial charge in [-0.3, -0.25) is 0 Å². The topological polar surface area (TPSA) is 0 Å². The average molecular weight is 168 g/mol. The van der Waals surface area contributed by atoms with Crippen molar-refractivity contribution < 1.29 is 0 Å². The second-order valence-electron chi connectivity index (χ2n) is 4.82. The van der Waals surface area contributed by atoms with Gasteiger partial charge >= 0.3 is 0 Å². The van der Waals surface area contributed by atoms with Gasteiger partial charge in [0.05, 0.1) is 8.07 Å². The van der Waals surface area contributed by atoms with Gasteiger partial charge in [-0.2, -0.15) is 0 Å². The molecule has 0 radical (unpaired) electrons. The van der Waals surface area contributed by atoms with E-state index < -0.39 is 8.07 Å². The van der Waals surface area contributed by atoms with Gasteiger partial charge in [0.1, 0.15) is 0 Å². The molecule has 1 fully saturated rings. The molecule has 64 valence electrons. The molecule has 0 saturated heterocycles. The summed E-state index contributed by atoms with van der Waals surface area (Å²) in [5, 5.41) is 0.576. The molecule has 1 aliphatic carbocycles. The second kappa shape index (κ2) is 2.78. The van der Waals surface area contributed by atoms with Gasteiger partial charge < -0.3 is 0 Å². The molecule has 1 aliphatic rings. The molecule has 0 aromatic heterocycles. The average Bonchev–Trinajstić information content (AvgIpc) is 2.33. The van der Waals surface area contributed by atoms with Crippen LogP contribution in [0, 0.1) is 0 Å². The Kier molecular flexibility index (Phi) is 2.29. The van der Waals surface area contributed by atoms with Crippen LogP contribution in [0.1, 0.15) is 25.7 Å². The Labute approximate surface area is 71.7 Å². The smallest absolute Gasteiger partial charge is 0.0549 e. The van der Waals surface area contributed by atoms with Crippen molar-refractivity contribution >= 4 is 8.07 Å². The van der Waals surface area contributed by atoms with E-state index in [0.717, 1.165) is 0 Å². The van der Waals surface area contributed by atoms with Crippen LogP contribution in [0.15, 0.2) is 12.7 Å². The van der Waals surface area contributed by atoms with Gasteiger partial charge in [0.15, 0.2) is 0 Å². The predicted molar refractivity (Wildman–Crippen MR) is 54.7 cm³/mol. The van der Waals surface area contributed by atoms with E-state index in [4.69, 9.17) is 0 Å². The molecule has 0 aliphatic heterocycles. The Hall–Kier alpha value is -0.0431. The molecule has 0 atom stereocenters. The normalized spacial score (nSPS) is 23.5. The Morgan fingerprint density at radius 3 is 1.82 bits per heavy atom. The molecular formula is C10H20Si. The third-order valence-corrected chi connectivity index (χ3v) is 7.07. The summed E-state index contributed by atoms with van der Waals surface area (Å²) in [6.45, 7) is 11.4. The van der Waals surface area contributed by atoms with Crippen LogP contribution in [0.3, 0.4) is 0 Å². The zero-order chi connectivity index (χ0) is 8.54. The first kappa shape index (κ1) is 9.05. The monoisotopic (exact) mass is 168 g/mol. The number of hydrogen-bond acceptors (Lipinski definition) is 0. The van der Waals surface area contributed by atoms with Gasteiger partial charge in [-0.25, -0.2) is 0 Å². The van der Waals surface area contributed by atoms with E-state index in [1.807, 2.05) is 0 Å². The maximum atomic E-state index is 4.02. The Bertz CT molecular complexity index is 147. The molecular weight excluding hydrogens is 148 g/mol. The molecule has 0 nitrogen and oxygen atoms in total. The van der Waals surface area contributed by atoms with Crippen molar-refractivity contribution in [2.45, 2.75) is 50.4 Å². The first-order chi connectivity index (χ1) is 5.02. The minimum absolute atomic E-state index is 0.576. The van der Waals surface area contributed by atoms with Crippen LogP contribution in [0.2, 0.25) is 24.7 Å². The molecule has 0 spiro atoms. The van der Waals surface area contributed by atoms with E-state index in [1.54, 1.807) is 0 Å². The molecule has 0 heterocycles. The highest BCUT2D eigenvalue weighted by molar-refractivity contribution is 6.79. The zero-order valence-electron chi connectivity index (χ0n) is 8.11. The second-order valence-corrected chi connectivity index (χ2v) is 10.3. The molecule has 0 aromatic carbocycles. The lowest BCUT2D eigenvalue weighted by molar-refractivity contribution is 0.679. The lowest BCUT2D eigenvalue weighted by Crippen LogP contribution is -2.36. The molecule has 0 unspecified atom stereocenters. The van der Waals surface area contributed by atoms with Crippen molar-refractivity contribution in [2.24, 2.45) is 0 Å². The maximum absolute atomic E-state index is 4.02. The third kappa shape index (κ3) is 1.44. The summed E-state index contributed by atoms with van der Waals surface area (Å²) in [4.78, 5) is 0. The van der Waals surface area contributed by atoms with Gasteiger partial charge in [-0.05, 0) is 17.9 Å². The number of rotatable bonds is 2. The van der Waals surface area contributed by atoms with Crippen LogP contribution in [0.4, 0.5) is 0 Å². The van der Waals surface area contributed by atoms with Crippen LogP contribution >= 0.6 is 0 Å². The number of allylic oxidation sites excluding steroid dienone is 1. The van der Waals surface area contributed by atoms with Crippen molar-refractivity contribution in [2.75, 3.05) is 0 Å². The van der Waals surface area contributed by atoms with E-state index in [2.05, 4.69) is 32.3 Å². The van der Waals surface area contributed by atoms with Crippen LogP contribution in [0.25, 0.3) is 0 Å². The Morgan fingerprint density at radius 1 is 1.18 bits per heavy atom. The minimum Gasteiger partial charge on any atom is -0.103 e. The van der Waals surface area contributed by atoms with Crippen molar-refractivity contribution in [3.63, 3.8) is 0 Å². The summed E-state index contributed by atoms with van der Waals surface area (Å²) in [5.74, 6) is 0. The predicted octanol–water partition coefficient (Wildman–Crippen LogP) is 3.83. The van der Waals surface area contributed by atoms with Gasteiger partial charge in [0, 0.05) is 0 Å². The highest BCUT2D eigenvalue weighted by atomic mass is 28.3. The van der Waals surface area contributed by atoms with Crippen LogP contribution in [-0.2, 0) is 0 Å². The van der Waals surface area contributed by atoms with E-state index in [-0.39, 0.29) is 0 Å². The van der Waals surface area contributed by atoms with E-state index in [9.17, 15) is 0 Å². The fourth-order valence-corrected chi connectivity index (χ4v) is 4.73. The molecule has 0 aromatic rings. The van der Waals surface area contributed by atoms with Crippen LogP contribution in [0.5, 0.6) is 0 Å². The molecule has 0 amide bonds. The summed E-state index contributed by atoms with van der Waals surface area (Å²) >= 11 is 0. The fourth-order valence-electron chi connectivity index (χ4n) is 2.27. The van der Waals surface area contributed by atoms with Gasteiger partial charge in [-0.1, -0.05) is 38.6 Å². The summed E-state index contributed by atoms with van der Waals surface area (Å²) in [6.07, 6.45) is 7.93. The standard InChI is InChI=1S/C10H20Si/c1-5-10(11(2,3)4)8-6-7-9-10/h5H,1,6-9H2,2-4H3. The van der Waals surface area contributed by atoms with Crippen molar-refractivity contribution in [3.8, 4) is 0 Å². The van der Waals surface area contributed by atoms with Crippen molar-refractivity contribution in [3.05, 3.63) is 12.7 Å². The van der Waals surface area contributed by atoms with Crippen molar-refractivity contribution in [1.82, 2.24) is 0 Å². The SMILES string of the molecule is C=CC1([Si](C)(C)C)CCCC1. The molecule has 0 bridgehead atoms. The van der Waals surface area contributed by atoms with E-state index >= 15 is 0 Å². The molecule has 1 heteroatoms. The first-order valence-corrected chi connectivity index (χ1v) is 8.15. The van der Waals surface area contributed by atoms with E-state index in [0.29, 0.717) is 5.04 Å². The third-order valence-electron chi connectivity index (χ3n) is 3.38. The Morgan fingerprint density at radius 2 is 1.64 bits per heavy atom. The summed E-state index contributed by atoms with van der Waals surface area (Å²) in [5.41, 5.74) is 0. The number of hydrogen-bond donors (Lipinski definition) is 0. The van der Waals surface area contributed by atoms with E-state index in [1.165, 1.54) is 25.7 Å². The van der Waals surface area contributed by atoms with Crippen LogP contribution < -0.4 is 0 Å². The summed E-state index contributed by atoms with van der Waals surface area (Å²) < 4.78 is 0.